The van der Waals surface area contributed by atoms with Crippen LogP contribution in [-0.4, -0.2) is 17.4 Å². The number of hydrogen-bond acceptors (Lipinski definition) is 3. The molecule has 3 N–H and O–H groups in total. The summed E-state index contributed by atoms with van der Waals surface area (Å²) >= 11 is 1.50. The van der Waals surface area contributed by atoms with Crippen LogP contribution in [-0.2, 0) is 11.0 Å². The number of nitrogens with one attached hydrogen (secondary N) is 1. The average Bonchev–Trinajstić information content (AvgIpc) is 2.39. The van der Waals surface area contributed by atoms with Crippen LogP contribution >= 0.6 is 11.8 Å². The van der Waals surface area contributed by atoms with Crippen LogP contribution in [0.1, 0.15) is 31.7 Å². The molecule has 0 bridgehead atoms. The lowest BCUT2D eigenvalue weighted by Gasteiger charge is -2.11. The molecule has 0 saturated heterocycles. The summed E-state index contributed by atoms with van der Waals surface area (Å²) in [5.74, 6) is 0.899. The maximum Gasteiger partial charge on any atom is 0.416 e. The molecule has 21 heavy (non-hydrogen) atoms. The summed E-state index contributed by atoms with van der Waals surface area (Å²) < 4.78 is 37.5. The van der Waals surface area contributed by atoms with E-state index < -0.39 is 11.7 Å². The number of nitrogens with two attached hydrogens (primary N) is 1. The molecule has 0 radical (unpaired) electrons. The number of anilines is 2. The van der Waals surface area contributed by atoms with Crippen LogP contribution < -0.4 is 11.1 Å². The summed E-state index contributed by atoms with van der Waals surface area (Å²) in [5.41, 5.74) is 4.83. The van der Waals surface area contributed by atoms with Gasteiger partial charge in [-0.2, -0.15) is 24.9 Å². The minimum absolute atomic E-state index is 0.0887. The van der Waals surface area contributed by atoms with E-state index in [0.717, 1.165) is 37.1 Å². The van der Waals surface area contributed by atoms with Crippen molar-refractivity contribution < 1.29 is 18.0 Å². The number of carbonyl (C=O) groups is 1. The normalized spacial score (nSPS) is 11.4. The van der Waals surface area contributed by atoms with Crippen LogP contribution in [0.2, 0.25) is 0 Å². The first kappa shape index (κ1) is 17.7. The fraction of sp³-hybridized carbons (Fsp3) is 0.500. The van der Waals surface area contributed by atoms with Crippen molar-refractivity contribution in [2.45, 2.75) is 32.4 Å². The van der Waals surface area contributed by atoms with Gasteiger partial charge in [-0.05, 0) is 30.4 Å². The van der Waals surface area contributed by atoms with Gasteiger partial charge in [-0.3, -0.25) is 4.79 Å². The van der Waals surface area contributed by atoms with Gasteiger partial charge >= 0.3 is 6.18 Å². The van der Waals surface area contributed by atoms with Gasteiger partial charge in [-0.25, -0.2) is 0 Å². The highest BCUT2D eigenvalue weighted by Gasteiger charge is 2.30. The number of amides is 1. The molecular formula is C14H19F3N2OS. The number of alkyl halides is 3. The van der Waals surface area contributed by atoms with E-state index in [1.807, 2.05) is 0 Å². The largest absolute Gasteiger partial charge is 0.416 e. The molecule has 0 unspecified atom stereocenters. The van der Waals surface area contributed by atoms with E-state index in [1.54, 1.807) is 0 Å². The molecule has 0 aliphatic rings. The smallest absolute Gasteiger partial charge is 0.397 e. The third-order valence-electron chi connectivity index (χ3n) is 2.78. The number of benzene rings is 1. The van der Waals surface area contributed by atoms with Crippen molar-refractivity contribution in [1.82, 2.24) is 0 Å². The Bertz CT molecular complexity index is 478. The van der Waals surface area contributed by atoms with Crippen LogP contribution in [0, 0.1) is 0 Å². The van der Waals surface area contributed by atoms with Crippen molar-refractivity contribution in [2.75, 3.05) is 22.6 Å². The third-order valence-corrected chi connectivity index (χ3v) is 3.82. The van der Waals surface area contributed by atoms with Crippen molar-refractivity contribution in [3.8, 4) is 0 Å². The summed E-state index contributed by atoms with van der Waals surface area (Å²) in [5, 5.41) is 2.53. The molecule has 0 heterocycles. The van der Waals surface area contributed by atoms with Gasteiger partial charge < -0.3 is 11.1 Å². The molecule has 1 amide bonds. The van der Waals surface area contributed by atoms with Gasteiger partial charge in [0.25, 0.3) is 0 Å². The summed E-state index contributed by atoms with van der Waals surface area (Å²) in [7, 11) is 0. The fourth-order valence-corrected chi connectivity index (χ4v) is 2.47. The van der Waals surface area contributed by atoms with E-state index in [2.05, 4.69) is 12.2 Å². The highest BCUT2D eigenvalue weighted by atomic mass is 32.2. The van der Waals surface area contributed by atoms with Crippen LogP contribution in [0.25, 0.3) is 0 Å². The summed E-state index contributed by atoms with van der Waals surface area (Å²) in [6, 6.07) is 2.90. The van der Waals surface area contributed by atoms with Crippen molar-refractivity contribution in [3.63, 3.8) is 0 Å². The van der Waals surface area contributed by atoms with E-state index in [-0.39, 0.29) is 23.0 Å². The maximum atomic E-state index is 12.5. The molecule has 0 spiro atoms. The topological polar surface area (TPSA) is 55.1 Å². The number of nitrogen functional groups attached to an aromatic ring is 1. The summed E-state index contributed by atoms with van der Waals surface area (Å²) in [6.45, 7) is 2.10. The molecule has 7 heteroatoms. The highest BCUT2D eigenvalue weighted by molar-refractivity contribution is 7.99. The lowest BCUT2D eigenvalue weighted by molar-refractivity contribution is -0.137. The second-order valence-corrected chi connectivity index (χ2v) is 5.71. The van der Waals surface area contributed by atoms with E-state index in [0.29, 0.717) is 0 Å². The molecule has 0 aromatic heterocycles. The lowest BCUT2D eigenvalue weighted by atomic mass is 10.1. The van der Waals surface area contributed by atoms with Crippen molar-refractivity contribution in [2.24, 2.45) is 0 Å². The molecule has 0 aliphatic heterocycles. The Labute approximate surface area is 126 Å². The second-order valence-electron chi connectivity index (χ2n) is 4.61. The second kappa shape index (κ2) is 8.17. The van der Waals surface area contributed by atoms with E-state index in [1.165, 1.54) is 17.8 Å². The van der Waals surface area contributed by atoms with Gasteiger partial charge in [-0.1, -0.05) is 19.8 Å². The Kier molecular flexibility index (Phi) is 6.87. The Morgan fingerprint density at radius 2 is 2.05 bits per heavy atom. The molecule has 0 atom stereocenters. The van der Waals surface area contributed by atoms with Gasteiger partial charge in [0, 0.05) is 0 Å². The monoisotopic (exact) mass is 320 g/mol. The number of unbranched alkanes of at least 4 members (excludes halogenated alkanes) is 2. The lowest BCUT2D eigenvalue weighted by Crippen LogP contribution is -2.16. The quantitative estimate of drug-likeness (QED) is 0.586. The van der Waals surface area contributed by atoms with Crippen LogP contribution in [0.15, 0.2) is 18.2 Å². The average molecular weight is 320 g/mol. The number of halogens is 3. The highest BCUT2D eigenvalue weighted by Crippen LogP contribution is 2.32. The van der Waals surface area contributed by atoms with Crippen LogP contribution in [0.5, 0.6) is 0 Å². The first-order valence-corrected chi connectivity index (χ1v) is 7.84. The summed E-state index contributed by atoms with van der Waals surface area (Å²) in [6.07, 6.45) is -1.14. The number of thioether (sulfide) groups is 1. The molecule has 1 aromatic carbocycles. The number of carbonyl (C=O) groups excluding carboxylic acids is 1. The van der Waals surface area contributed by atoms with Gasteiger partial charge in [-0.15, -0.1) is 0 Å². The SMILES string of the molecule is CCCCCSCC(=O)Nc1ccc(C(F)(F)F)cc1N. The number of rotatable bonds is 7. The standard InChI is InChI=1S/C14H19F3N2OS/c1-2-3-4-7-21-9-13(20)19-12-6-5-10(8-11(12)18)14(15,16)17/h5-6,8H,2-4,7,9,18H2,1H3,(H,19,20). The molecule has 3 nitrogen and oxygen atoms in total. The molecule has 1 aromatic rings. The summed E-state index contributed by atoms with van der Waals surface area (Å²) in [4.78, 5) is 11.7. The van der Waals surface area contributed by atoms with Crippen molar-refractivity contribution in [3.05, 3.63) is 23.8 Å². The third kappa shape index (κ3) is 6.29. The van der Waals surface area contributed by atoms with Crippen molar-refractivity contribution in [1.29, 1.82) is 0 Å². The number of hydrogen-bond donors (Lipinski definition) is 2. The maximum absolute atomic E-state index is 12.5. The molecule has 118 valence electrons. The molecule has 0 saturated carbocycles. The predicted molar refractivity (Wildman–Crippen MR) is 81.3 cm³/mol. The molecular weight excluding hydrogens is 301 g/mol. The minimum atomic E-state index is -4.44. The molecule has 1 rings (SSSR count). The van der Waals surface area contributed by atoms with Gasteiger partial charge in [0.05, 0.1) is 22.7 Å². The Balaban J connectivity index is 2.49. The fourth-order valence-electron chi connectivity index (χ4n) is 1.66. The minimum Gasteiger partial charge on any atom is -0.397 e. The predicted octanol–water partition coefficient (Wildman–Crippen LogP) is 4.15. The zero-order chi connectivity index (χ0) is 15.9. The first-order valence-electron chi connectivity index (χ1n) is 6.69. The Hall–Kier alpha value is -1.37. The first-order chi connectivity index (χ1) is 9.84. The molecule has 0 aliphatic carbocycles. The Morgan fingerprint density at radius 3 is 2.62 bits per heavy atom. The van der Waals surface area contributed by atoms with Crippen molar-refractivity contribution >= 4 is 29.0 Å². The Morgan fingerprint density at radius 1 is 1.33 bits per heavy atom. The van der Waals surface area contributed by atoms with E-state index in [4.69, 9.17) is 5.73 Å². The van der Waals surface area contributed by atoms with Crippen LogP contribution in [0.3, 0.4) is 0 Å². The zero-order valence-electron chi connectivity index (χ0n) is 11.8. The van der Waals surface area contributed by atoms with Crippen LogP contribution in [0.4, 0.5) is 24.5 Å². The van der Waals surface area contributed by atoms with E-state index in [9.17, 15) is 18.0 Å². The van der Waals surface area contributed by atoms with E-state index >= 15 is 0 Å². The zero-order valence-corrected chi connectivity index (χ0v) is 12.6. The molecule has 0 fully saturated rings. The van der Waals surface area contributed by atoms with Gasteiger partial charge in [0.15, 0.2) is 0 Å². The van der Waals surface area contributed by atoms with Gasteiger partial charge in [0.2, 0.25) is 5.91 Å². The van der Waals surface area contributed by atoms with Gasteiger partial charge in [0.1, 0.15) is 0 Å².